The van der Waals surface area contributed by atoms with Crippen LogP contribution in [0.1, 0.15) is 18.4 Å². The van der Waals surface area contributed by atoms with Crippen LogP contribution in [0.3, 0.4) is 0 Å². The minimum absolute atomic E-state index is 0.135. The van der Waals surface area contributed by atoms with Gasteiger partial charge in [-0.3, -0.25) is 9.78 Å². The molecular weight excluding hydrogens is 409 g/mol. The second-order valence-corrected chi connectivity index (χ2v) is 9.17. The standard InChI is InChI=1S/C18H19Cl2N3O3S/c19-16-6-1-7-17(20)15(16)12-27(25,26)23-9-3-4-13(11-23)18(24)22-14-5-2-8-21-10-14/h1-2,5-8,10,13H,3-4,9,11-12H2,(H,22,24)/t13-/m0/s1. The highest BCUT2D eigenvalue weighted by molar-refractivity contribution is 7.88. The van der Waals surface area contributed by atoms with Gasteiger partial charge in [0, 0.05) is 34.9 Å². The Morgan fingerprint density at radius 2 is 1.96 bits per heavy atom. The summed E-state index contributed by atoms with van der Waals surface area (Å²) >= 11 is 12.2. The molecule has 2 aromatic rings. The number of halogens is 2. The normalized spacial score (nSPS) is 18.2. The average Bonchev–Trinajstić information content (AvgIpc) is 2.66. The van der Waals surface area contributed by atoms with E-state index in [0.29, 0.717) is 40.7 Å². The number of benzene rings is 1. The quantitative estimate of drug-likeness (QED) is 0.790. The van der Waals surface area contributed by atoms with Crippen LogP contribution in [-0.2, 0) is 20.6 Å². The smallest absolute Gasteiger partial charge is 0.228 e. The maximum absolute atomic E-state index is 12.9. The molecule has 0 radical (unpaired) electrons. The Morgan fingerprint density at radius 1 is 1.22 bits per heavy atom. The van der Waals surface area contributed by atoms with E-state index in [-0.39, 0.29) is 18.2 Å². The number of sulfonamides is 1. The van der Waals surface area contributed by atoms with Crippen LogP contribution in [0.25, 0.3) is 0 Å². The lowest BCUT2D eigenvalue weighted by atomic mass is 9.99. The Kier molecular flexibility index (Phi) is 6.37. The topological polar surface area (TPSA) is 79.4 Å². The van der Waals surface area contributed by atoms with E-state index in [1.807, 2.05) is 0 Å². The second-order valence-electron chi connectivity index (χ2n) is 6.38. The van der Waals surface area contributed by atoms with Crippen LogP contribution in [0.15, 0.2) is 42.7 Å². The molecule has 1 N–H and O–H groups in total. The number of pyridine rings is 1. The molecule has 1 saturated heterocycles. The zero-order valence-electron chi connectivity index (χ0n) is 14.4. The van der Waals surface area contributed by atoms with E-state index in [9.17, 15) is 13.2 Å². The highest BCUT2D eigenvalue weighted by Crippen LogP contribution is 2.29. The van der Waals surface area contributed by atoms with Gasteiger partial charge in [0.15, 0.2) is 0 Å². The van der Waals surface area contributed by atoms with Crippen LogP contribution < -0.4 is 5.32 Å². The van der Waals surface area contributed by atoms with Crippen molar-refractivity contribution in [2.75, 3.05) is 18.4 Å². The Balaban J connectivity index is 1.70. The summed E-state index contributed by atoms with van der Waals surface area (Å²) in [5.74, 6) is -0.920. The molecule has 0 spiro atoms. The van der Waals surface area contributed by atoms with Crippen molar-refractivity contribution in [3.8, 4) is 0 Å². The summed E-state index contributed by atoms with van der Waals surface area (Å²) in [7, 11) is -3.65. The molecule has 1 aliphatic heterocycles. The number of hydrogen-bond donors (Lipinski definition) is 1. The van der Waals surface area contributed by atoms with Gasteiger partial charge in [-0.1, -0.05) is 29.3 Å². The molecule has 1 aromatic heterocycles. The average molecular weight is 428 g/mol. The van der Waals surface area contributed by atoms with Crippen LogP contribution in [0.4, 0.5) is 5.69 Å². The third kappa shape index (κ3) is 4.99. The first kappa shape index (κ1) is 20.1. The zero-order valence-corrected chi connectivity index (χ0v) is 16.8. The first-order valence-corrected chi connectivity index (χ1v) is 10.8. The Bertz CT molecular complexity index is 902. The molecule has 9 heteroatoms. The monoisotopic (exact) mass is 427 g/mol. The van der Waals surface area contributed by atoms with Gasteiger partial charge in [0.25, 0.3) is 0 Å². The number of carbonyl (C=O) groups excluding carboxylic acids is 1. The molecule has 2 heterocycles. The summed E-state index contributed by atoms with van der Waals surface area (Å²) in [6.07, 6.45) is 4.41. The van der Waals surface area contributed by atoms with Gasteiger partial charge in [-0.05, 0) is 37.1 Å². The van der Waals surface area contributed by atoms with E-state index in [1.54, 1.807) is 42.7 Å². The first-order chi connectivity index (χ1) is 12.9. The van der Waals surface area contributed by atoms with Crippen molar-refractivity contribution in [3.63, 3.8) is 0 Å². The van der Waals surface area contributed by atoms with Crippen LogP contribution >= 0.6 is 23.2 Å². The number of nitrogens with zero attached hydrogens (tertiary/aromatic N) is 2. The number of amides is 1. The third-order valence-electron chi connectivity index (χ3n) is 4.47. The van der Waals surface area contributed by atoms with E-state index in [4.69, 9.17) is 23.2 Å². The molecule has 1 atom stereocenters. The lowest BCUT2D eigenvalue weighted by molar-refractivity contribution is -0.120. The van der Waals surface area contributed by atoms with Crippen molar-refractivity contribution >= 4 is 44.8 Å². The van der Waals surface area contributed by atoms with Crippen molar-refractivity contribution in [1.29, 1.82) is 0 Å². The fourth-order valence-electron chi connectivity index (χ4n) is 3.03. The van der Waals surface area contributed by atoms with E-state index >= 15 is 0 Å². The van der Waals surface area contributed by atoms with Gasteiger partial charge in [-0.15, -0.1) is 0 Å². The van der Waals surface area contributed by atoms with Crippen LogP contribution in [0.5, 0.6) is 0 Å². The zero-order chi connectivity index (χ0) is 19.4. The first-order valence-electron chi connectivity index (χ1n) is 8.48. The van der Waals surface area contributed by atoms with Gasteiger partial charge in [0.05, 0.1) is 23.6 Å². The molecule has 1 aromatic carbocycles. The number of rotatable bonds is 5. The summed E-state index contributed by atoms with van der Waals surface area (Å²) in [6, 6.07) is 8.35. The predicted octanol–water partition coefficient (Wildman–Crippen LogP) is 3.57. The van der Waals surface area contributed by atoms with Gasteiger partial charge in [0.1, 0.15) is 0 Å². The van der Waals surface area contributed by atoms with Gasteiger partial charge in [-0.25, -0.2) is 12.7 Å². The number of hydrogen-bond acceptors (Lipinski definition) is 4. The van der Waals surface area contributed by atoms with E-state index in [0.717, 1.165) is 0 Å². The van der Waals surface area contributed by atoms with Crippen molar-refractivity contribution in [3.05, 3.63) is 58.3 Å². The number of carbonyl (C=O) groups is 1. The van der Waals surface area contributed by atoms with Crippen LogP contribution in [-0.4, -0.2) is 36.7 Å². The molecule has 0 unspecified atom stereocenters. The van der Waals surface area contributed by atoms with Crippen molar-refractivity contribution in [2.45, 2.75) is 18.6 Å². The highest BCUT2D eigenvalue weighted by Gasteiger charge is 2.33. The largest absolute Gasteiger partial charge is 0.324 e. The summed E-state index contributed by atoms with van der Waals surface area (Å²) in [6.45, 7) is 0.511. The van der Waals surface area contributed by atoms with Crippen molar-refractivity contribution in [1.82, 2.24) is 9.29 Å². The molecule has 0 saturated carbocycles. The van der Waals surface area contributed by atoms with Gasteiger partial charge >= 0.3 is 0 Å². The Labute approximate surface area is 168 Å². The minimum atomic E-state index is -3.65. The van der Waals surface area contributed by atoms with Gasteiger partial charge < -0.3 is 5.32 Å². The van der Waals surface area contributed by atoms with Crippen molar-refractivity contribution in [2.24, 2.45) is 5.92 Å². The number of anilines is 1. The number of piperidine rings is 1. The fraction of sp³-hybridized carbons (Fsp3) is 0.333. The molecule has 1 fully saturated rings. The molecular formula is C18H19Cl2N3O3S. The molecule has 1 aliphatic rings. The highest BCUT2D eigenvalue weighted by atomic mass is 35.5. The maximum atomic E-state index is 12.9. The van der Waals surface area contributed by atoms with Crippen molar-refractivity contribution < 1.29 is 13.2 Å². The summed E-state index contributed by atoms with van der Waals surface area (Å²) in [5.41, 5.74) is 0.966. The molecule has 0 bridgehead atoms. The second kappa shape index (κ2) is 8.56. The Hall–Kier alpha value is -1.67. The SMILES string of the molecule is O=C(Nc1cccnc1)[C@H]1CCCN(S(=O)(=O)Cc2c(Cl)cccc2Cl)C1. The maximum Gasteiger partial charge on any atom is 0.228 e. The fourth-order valence-corrected chi connectivity index (χ4v) is 5.40. The number of nitrogens with one attached hydrogen (secondary N) is 1. The summed E-state index contributed by atoms with van der Waals surface area (Å²) in [5, 5.41) is 3.41. The van der Waals surface area contributed by atoms with Gasteiger partial charge in [-0.2, -0.15) is 0 Å². The van der Waals surface area contributed by atoms with E-state index < -0.39 is 15.9 Å². The Morgan fingerprint density at radius 3 is 2.63 bits per heavy atom. The predicted molar refractivity (Wildman–Crippen MR) is 106 cm³/mol. The molecule has 144 valence electrons. The van der Waals surface area contributed by atoms with E-state index in [2.05, 4.69) is 10.3 Å². The third-order valence-corrected chi connectivity index (χ3v) is 6.95. The molecule has 27 heavy (non-hydrogen) atoms. The van der Waals surface area contributed by atoms with Crippen LogP contribution in [0, 0.1) is 5.92 Å². The summed E-state index contributed by atoms with van der Waals surface area (Å²) in [4.78, 5) is 16.5. The molecule has 3 rings (SSSR count). The molecule has 0 aliphatic carbocycles. The molecule has 6 nitrogen and oxygen atoms in total. The number of aromatic nitrogens is 1. The summed E-state index contributed by atoms with van der Waals surface area (Å²) < 4.78 is 27.1. The van der Waals surface area contributed by atoms with E-state index in [1.165, 1.54) is 4.31 Å². The molecule has 1 amide bonds. The van der Waals surface area contributed by atoms with Crippen LogP contribution in [0.2, 0.25) is 10.0 Å². The lowest BCUT2D eigenvalue weighted by Gasteiger charge is -2.31. The lowest BCUT2D eigenvalue weighted by Crippen LogP contribution is -2.44. The minimum Gasteiger partial charge on any atom is -0.324 e. The van der Waals surface area contributed by atoms with Gasteiger partial charge in [0.2, 0.25) is 15.9 Å².